The van der Waals surface area contributed by atoms with Crippen LogP contribution in [-0.2, 0) is 4.79 Å². The highest BCUT2D eigenvalue weighted by Crippen LogP contribution is 2.43. The average molecular weight is 426 g/mol. The molecule has 0 radical (unpaired) electrons. The lowest BCUT2D eigenvalue weighted by Crippen LogP contribution is -2.30. The van der Waals surface area contributed by atoms with Gasteiger partial charge in [-0.3, -0.25) is 4.79 Å². The number of amides is 1. The maximum atomic E-state index is 12.1. The lowest BCUT2D eigenvalue weighted by atomic mass is 10.2. The minimum Gasteiger partial charge on any atom is -0.314 e. The Morgan fingerprint density at radius 3 is 2.79 bits per heavy atom. The summed E-state index contributed by atoms with van der Waals surface area (Å²) in [5.74, 6) is 3.05. The molecular formula is C13H10Cl2INOS. The second-order valence-corrected chi connectivity index (χ2v) is 6.82. The molecule has 1 aliphatic rings. The summed E-state index contributed by atoms with van der Waals surface area (Å²) in [5, 5.41) is 0.920. The number of benzene rings is 1. The topological polar surface area (TPSA) is 20.3 Å². The number of thioether (sulfide) groups is 1. The lowest BCUT2D eigenvalue weighted by molar-refractivity contribution is -0.129. The van der Waals surface area contributed by atoms with E-state index in [1.165, 1.54) is 0 Å². The third-order valence-electron chi connectivity index (χ3n) is 2.79. The smallest absolute Gasteiger partial charge is 0.237 e. The highest BCUT2D eigenvalue weighted by atomic mass is 127. The van der Waals surface area contributed by atoms with Gasteiger partial charge < -0.3 is 4.90 Å². The number of carbonyl (C=O) groups is 1. The van der Waals surface area contributed by atoms with E-state index in [4.69, 9.17) is 23.2 Å². The standard InChI is InChI=1S/C13H10Cl2INOS/c1-8-12(18)17(6-2-5-16)13(19-8)9-3-4-10(14)11(15)7-9/h3-4,7-8,13H,6H2,1H3. The molecule has 2 atom stereocenters. The molecular weight excluding hydrogens is 416 g/mol. The Kier molecular flexibility index (Phi) is 5.29. The van der Waals surface area contributed by atoms with Gasteiger partial charge in [-0.1, -0.05) is 35.2 Å². The molecule has 1 aromatic carbocycles. The fourth-order valence-electron chi connectivity index (χ4n) is 1.87. The lowest BCUT2D eigenvalue weighted by Gasteiger charge is -2.22. The summed E-state index contributed by atoms with van der Waals surface area (Å²) in [4.78, 5) is 13.9. The normalized spacial score (nSPS) is 22.3. The van der Waals surface area contributed by atoms with Crippen LogP contribution in [-0.4, -0.2) is 22.6 Å². The summed E-state index contributed by atoms with van der Waals surface area (Å²) in [6.45, 7) is 2.35. The van der Waals surface area contributed by atoms with Crippen LogP contribution in [0.5, 0.6) is 0 Å². The molecule has 1 amide bonds. The van der Waals surface area contributed by atoms with Crippen LogP contribution >= 0.6 is 57.6 Å². The van der Waals surface area contributed by atoms with Crippen molar-refractivity contribution in [2.45, 2.75) is 17.5 Å². The van der Waals surface area contributed by atoms with Gasteiger partial charge in [-0.25, -0.2) is 0 Å². The summed E-state index contributed by atoms with van der Waals surface area (Å²) in [6, 6.07) is 5.48. The van der Waals surface area contributed by atoms with Crippen LogP contribution in [0.3, 0.4) is 0 Å². The predicted octanol–water partition coefficient (Wildman–Crippen LogP) is 4.35. The Hall–Kier alpha value is -0.0900. The number of hydrogen-bond donors (Lipinski definition) is 0. The molecule has 2 unspecified atom stereocenters. The Morgan fingerprint density at radius 1 is 1.42 bits per heavy atom. The molecule has 0 spiro atoms. The second kappa shape index (κ2) is 6.57. The van der Waals surface area contributed by atoms with Crippen LogP contribution in [0, 0.1) is 9.85 Å². The van der Waals surface area contributed by atoms with Gasteiger partial charge in [0, 0.05) is 22.6 Å². The Balaban J connectivity index is 2.32. The Morgan fingerprint density at radius 2 is 2.16 bits per heavy atom. The first-order valence-electron chi connectivity index (χ1n) is 5.54. The highest BCUT2D eigenvalue weighted by molar-refractivity contribution is 14.1. The van der Waals surface area contributed by atoms with Crippen molar-refractivity contribution in [2.75, 3.05) is 6.54 Å². The van der Waals surface area contributed by atoms with E-state index in [0.29, 0.717) is 16.6 Å². The van der Waals surface area contributed by atoms with Crippen LogP contribution in [0.2, 0.25) is 10.0 Å². The molecule has 0 aromatic heterocycles. The zero-order valence-corrected chi connectivity index (χ0v) is 14.5. The van der Waals surface area contributed by atoms with E-state index in [1.807, 2.05) is 41.6 Å². The van der Waals surface area contributed by atoms with Gasteiger partial charge in [-0.15, -0.1) is 11.8 Å². The summed E-state index contributed by atoms with van der Waals surface area (Å²) in [6.07, 6.45) is 0. The van der Waals surface area contributed by atoms with E-state index in [-0.39, 0.29) is 16.5 Å². The van der Waals surface area contributed by atoms with Crippen molar-refractivity contribution in [3.05, 3.63) is 33.8 Å². The monoisotopic (exact) mass is 425 g/mol. The molecule has 0 aliphatic carbocycles. The zero-order chi connectivity index (χ0) is 14.0. The number of carbonyl (C=O) groups excluding carboxylic acids is 1. The average Bonchev–Trinajstić information content (AvgIpc) is 2.67. The van der Waals surface area contributed by atoms with Gasteiger partial charge in [0.2, 0.25) is 5.91 Å². The van der Waals surface area contributed by atoms with Crippen molar-refractivity contribution in [2.24, 2.45) is 0 Å². The molecule has 2 rings (SSSR count). The van der Waals surface area contributed by atoms with E-state index in [1.54, 1.807) is 22.7 Å². The largest absolute Gasteiger partial charge is 0.314 e. The van der Waals surface area contributed by atoms with Crippen LogP contribution in [0.15, 0.2) is 18.2 Å². The quantitative estimate of drug-likeness (QED) is 0.518. The van der Waals surface area contributed by atoms with Gasteiger partial charge in [0.05, 0.1) is 21.8 Å². The van der Waals surface area contributed by atoms with Crippen molar-refractivity contribution >= 4 is 63.5 Å². The molecule has 19 heavy (non-hydrogen) atoms. The number of halogens is 3. The molecule has 1 aliphatic heterocycles. The second-order valence-electron chi connectivity index (χ2n) is 4.04. The summed E-state index contributed by atoms with van der Waals surface area (Å²) in [5.41, 5.74) is 0.979. The van der Waals surface area contributed by atoms with Gasteiger partial charge in [0.25, 0.3) is 0 Å². The van der Waals surface area contributed by atoms with Crippen molar-refractivity contribution in [3.63, 3.8) is 0 Å². The molecule has 1 saturated heterocycles. The first-order chi connectivity index (χ1) is 9.04. The molecule has 100 valence electrons. The number of hydrogen-bond acceptors (Lipinski definition) is 2. The van der Waals surface area contributed by atoms with Crippen LogP contribution in [0.25, 0.3) is 0 Å². The fraction of sp³-hybridized carbons (Fsp3) is 0.308. The summed E-state index contributed by atoms with van der Waals surface area (Å²) in [7, 11) is 0. The van der Waals surface area contributed by atoms with E-state index >= 15 is 0 Å². The molecule has 1 heterocycles. The molecule has 6 heteroatoms. The third-order valence-corrected chi connectivity index (χ3v) is 5.31. The van der Waals surface area contributed by atoms with E-state index < -0.39 is 0 Å². The minimum atomic E-state index is -0.0598. The zero-order valence-electron chi connectivity index (χ0n) is 9.99. The minimum absolute atomic E-state index is 0.0467. The molecule has 2 nitrogen and oxygen atoms in total. The molecule has 1 aromatic rings. The molecule has 1 fully saturated rings. The number of nitrogens with zero attached hydrogens (tertiary/aromatic N) is 1. The highest BCUT2D eigenvalue weighted by Gasteiger charge is 2.38. The maximum absolute atomic E-state index is 12.1. The number of rotatable bonds is 2. The van der Waals surface area contributed by atoms with Crippen LogP contribution in [0.1, 0.15) is 17.9 Å². The van der Waals surface area contributed by atoms with Gasteiger partial charge in [-0.2, -0.15) is 0 Å². The van der Waals surface area contributed by atoms with E-state index in [0.717, 1.165) is 5.56 Å². The summed E-state index contributed by atoms with van der Waals surface area (Å²) < 4.78 is 2.79. The van der Waals surface area contributed by atoms with Crippen molar-refractivity contribution in [3.8, 4) is 9.85 Å². The van der Waals surface area contributed by atoms with E-state index in [2.05, 4.69) is 9.85 Å². The van der Waals surface area contributed by atoms with Gasteiger partial charge in [-0.05, 0) is 28.5 Å². The molecule has 0 bridgehead atoms. The van der Waals surface area contributed by atoms with Crippen molar-refractivity contribution in [1.29, 1.82) is 0 Å². The first kappa shape index (κ1) is 15.3. The first-order valence-corrected chi connectivity index (χ1v) is 8.31. The third kappa shape index (κ3) is 3.33. The Labute approximate surface area is 140 Å². The predicted molar refractivity (Wildman–Crippen MR) is 89.8 cm³/mol. The maximum Gasteiger partial charge on any atom is 0.237 e. The SMILES string of the molecule is CC1SC(c2ccc(Cl)c(Cl)c2)N(CC#CI)C1=O. The fourth-order valence-corrected chi connectivity index (χ4v) is 3.62. The van der Waals surface area contributed by atoms with Crippen LogP contribution < -0.4 is 0 Å². The van der Waals surface area contributed by atoms with Crippen molar-refractivity contribution in [1.82, 2.24) is 4.90 Å². The van der Waals surface area contributed by atoms with E-state index in [9.17, 15) is 4.79 Å². The van der Waals surface area contributed by atoms with Gasteiger partial charge >= 0.3 is 0 Å². The molecule has 0 saturated carbocycles. The van der Waals surface area contributed by atoms with Crippen LogP contribution in [0.4, 0.5) is 0 Å². The van der Waals surface area contributed by atoms with Gasteiger partial charge in [0.15, 0.2) is 0 Å². The van der Waals surface area contributed by atoms with Gasteiger partial charge in [0.1, 0.15) is 5.37 Å². The molecule has 0 N–H and O–H groups in total. The van der Waals surface area contributed by atoms with Crippen molar-refractivity contribution < 1.29 is 4.79 Å². The summed E-state index contributed by atoms with van der Waals surface area (Å²) >= 11 is 15.5. The Bertz CT molecular complexity index is 569.